The van der Waals surface area contributed by atoms with E-state index >= 15 is 0 Å². The number of fused-ring (bicyclic) bond motifs is 1. The van der Waals surface area contributed by atoms with E-state index in [1.54, 1.807) is 12.3 Å². The molecule has 0 unspecified atom stereocenters. The molecule has 2 aromatic rings. The number of carbonyl (C=O) groups is 1. The van der Waals surface area contributed by atoms with E-state index in [0.717, 1.165) is 71.1 Å². The zero-order valence-corrected chi connectivity index (χ0v) is 17.4. The molecule has 2 aliphatic rings. The van der Waals surface area contributed by atoms with Crippen molar-refractivity contribution in [2.45, 2.75) is 25.8 Å². The number of rotatable bonds is 7. The Hall–Kier alpha value is -2.48. The van der Waals surface area contributed by atoms with E-state index in [1.807, 2.05) is 6.07 Å². The summed E-state index contributed by atoms with van der Waals surface area (Å²) in [6.07, 6.45) is 6.42. The van der Waals surface area contributed by atoms with Crippen molar-refractivity contribution in [1.82, 2.24) is 14.8 Å². The van der Waals surface area contributed by atoms with Gasteiger partial charge in [0.1, 0.15) is 11.5 Å². The van der Waals surface area contributed by atoms with Crippen molar-refractivity contribution in [1.29, 1.82) is 0 Å². The molecule has 4 rings (SSSR count). The van der Waals surface area contributed by atoms with Crippen LogP contribution >= 0.6 is 0 Å². The summed E-state index contributed by atoms with van der Waals surface area (Å²) < 4.78 is 11.4. The van der Waals surface area contributed by atoms with Crippen LogP contribution in [0.15, 0.2) is 36.7 Å². The first-order chi connectivity index (χ1) is 14.7. The predicted octanol–water partition coefficient (Wildman–Crippen LogP) is 2.44. The number of nitrogens with zero attached hydrogens (tertiary/aromatic N) is 3. The minimum atomic E-state index is -0.511. The van der Waals surface area contributed by atoms with Crippen LogP contribution in [0.3, 0.4) is 0 Å². The number of ether oxygens (including phenoxy) is 2. The predicted molar refractivity (Wildman–Crippen MR) is 115 cm³/mol. The van der Waals surface area contributed by atoms with E-state index in [9.17, 15) is 4.79 Å². The third kappa shape index (κ3) is 5.56. The normalized spacial score (nSPS) is 17.9. The minimum absolute atomic E-state index is 0.343. The highest BCUT2D eigenvalue weighted by atomic mass is 16.5. The van der Waals surface area contributed by atoms with Crippen LogP contribution in [-0.2, 0) is 17.7 Å². The number of carbonyl (C=O) groups excluding carboxylic acids is 1. The summed E-state index contributed by atoms with van der Waals surface area (Å²) >= 11 is 0. The summed E-state index contributed by atoms with van der Waals surface area (Å²) in [5.74, 6) is 0.770. The Kier molecular flexibility index (Phi) is 6.94. The van der Waals surface area contributed by atoms with Gasteiger partial charge in [0, 0.05) is 25.8 Å². The largest absolute Gasteiger partial charge is 0.456 e. The number of amides is 1. The lowest BCUT2D eigenvalue weighted by molar-refractivity contribution is 0.0360. The van der Waals surface area contributed by atoms with Crippen molar-refractivity contribution < 1.29 is 14.3 Å². The molecule has 0 bridgehead atoms. The van der Waals surface area contributed by atoms with Gasteiger partial charge in [0.25, 0.3) is 0 Å². The molecule has 30 heavy (non-hydrogen) atoms. The Labute approximate surface area is 177 Å². The van der Waals surface area contributed by atoms with Crippen LogP contribution < -0.4 is 10.5 Å². The molecule has 3 heterocycles. The van der Waals surface area contributed by atoms with E-state index in [1.165, 1.54) is 23.7 Å². The second-order valence-corrected chi connectivity index (χ2v) is 7.99. The number of pyridine rings is 1. The third-order valence-corrected chi connectivity index (χ3v) is 5.78. The van der Waals surface area contributed by atoms with Crippen molar-refractivity contribution in [2.24, 2.45) is 5.73 Å². The van der Waals surface area contributed by atoms with Gasteiger partial charge in [-0.05, 0) is 68.2 Å². The lowest BCUT2D eigenvalue weighted by Gasteiger charge is -2.28. The molecular formula is C23H30N4O3. The maximum atomic E-state index is 11.3. The van der Waals surface area contributed by atoms with Gasteiger partial charge in [-0.25, -0.2) is 0 Å². The molecule has 7 nitrogen and oxygen atoms in total. The first kappa shape index (κ1) is 20.8. The number of aryl methyl sites for hydroxylation is 1. The first-order valence-electron chi connectivity index (χ1n) is 10.7. The Balaban J connectivity index is 1.34. The average Bonchev–Trinajstić information content (AvgIpc) is 2.96. The van der Waals surface area contributed by atoms with Gasteiger partial charge in [-0.2, -0.15) is 0 Å². The van der Waals surface area contributed by atoms with E-state index in [0.29, 0.717) is 11.3 Å². The molecule has 2 aliphatic heterocycles. The van der Waals surface area contributed by atoms with E-state index in [2.05, 4.69) is 26.9 Å². The summed E-state index contributed by atoms with van der Waals surface area (Å²) in [6, 6.07) is 7.89. The summed E-state index contributed by atoms with van der Waals surface area (Å²) in [6.45, 7) is 8.23. The van der Waals surface area contributed by atoms with E-state index in [-0.39, 0.29) is 0 Å². The molecule has 0 aliphatic carbocycles. The van der Waals surface area contributed by atoms with E-state index in [4.69, 9.17) is 15.2 Å². The molecular weight excluding hydrogens is 380 g/mol. The molecule has 0 atom stereocenters. The van der Waals surface area contributed by atoms with Gasteiger partial charge in [-0.15, -0.1) is 0 Å². The fourth-order valence-corrected chi connectivity index (χ4v) is 4.14. The second kappa shape index (κ2) is 10.0. The van der Waals surface area contributed by atoms with Gasteiger partial charge >= 0.3 is 0 Å². The lowest BCUT2D eigenvalue weighted by atomic mass is 10.0. The highest BCUT2D eigenvalue weighted by Gasteiger charge is 2.16. The van der Waals surface area contributed by atoms with Gasteiger partial charge in [0.15, 0.2) is 0 Å². The molecule has 0 saturated carbocycles. The number of benzene rings is 1. The first-order valence-corrected chi connectivity index (χ1v) is 10.7. The van der Waals surface area contributed by atoms with Crippen molar-refractivity contribution in [3.63, 3.8) is 0 Å². The zero-order chi connectivity index (χ0) is 20.8. The highest BCUT2D eigenvalue weighted by Crippen LogP contribution is 2.27. The van der Waals surface area contributed by atoms with Crippen LogP contribution in [-0.4, -0.2) is 66.6 Å². The van der Waals surface area contributed by atoms with Crippen LogP contribution in [0.25, 0.3) is 0 Å². The second-order valence-electron chi connectivity index (χ2n) is 7.99. The molecule has 0 spiro atoms. The van der Waals surface area contributed by atoms with Crippen molar-refractivity contribution in [3.05, 3.63) is 53.3 Å². The van der Waals surface area contributed by atoms with Gasteiger partial charge in [-0.1, -0.05) is 6.07 Å². The van der Waals surface area contributed by atoms with Crippen LogP contribution in [0, 0.1) is 0 Å². The van der Waals surface area contributed by atoms with Gasteiger partial charge < -0.3 is 15.2 Å². The fourth-order valence-electron chi connectivity index (χ4n) is 4.14. The molecule has 1 amide bonds. The Morgan fingerprint density at radius 1 is 1.03 bits per heavy atom. The summed E-state index contributed by atoms with van der Waals surface area (Å²) in [7, 11) is 0. The maximum absolute atomic E-state index is 11.3. The van der Waals surface area contributed by atoms with Crippen molar-refractivity contribution in [3.8, 4) is 11.5 Å². The van der Waals surface area contributed by atoms with Crippen molar-refractivity contribution >= 4 is 5.91 Å². The van der Waals surface area contributed by atoms with E-state index < -0.39 is 5.91 Å². The van der Waals surface area contributed by atoms with Crippen LogP contribution in [0.2, 0.25) is 0 Å². The number of hydrogen-bond acceptors (Lipinski definition) is 6. The summed E-state index contributed by atoms with van der Waals surface area (Å²) in [4.78, 5) is 20.4. The molecule has 160 valence electrons. The Bertz CT molecular complexity index is 867. The lowest BCUT2D eigenvalue weighted by Crippen LogP contribution is -2.38. The number of aromatic nitrogens is 1. The Morgan fingerprint density at radius 2 is 1.87 bits per heavy atom. The van der Waals surface area contributed by atoms with Gasteiger partial charge in [0.2, 0.25) is 5.91 Å². The SMILES string of the molecule is NC(=O)c1cncc(Oc2ccc3c(c2)CCCN(CCCN2CCOCC2)C3)c1. The molecule has 1 aromatic heterocycles. The van der Waals surface area contributed by atoms with Crippen molar-refractivity contribution in [2.75, 3.05) is 45.9 Å². The average molecular weight is 411 g/mol. The molecule has 2 N–H and O–H groups in total. The Morgan fingerprint density at radius 3 is 2.70 bits per heavy atom. The molecule has 1 fully saturated rings. The van der Waals surface area contributed by atoms with Crippen LogP contribution in [0.1, 0.15) is 34.3 Å². The zero-order valence-electron chi connectivity index (χ0n) is 17.4. The topological polar surface area (TPSA) is 80.9 Å². The number of primary amides is 1. The van der Waals surface area contributed by atoms with Gasteiger partial charge in [-0.3, -0.25) is 19.6 Å². The molecule has 7 heteroatoms. The van der Waals surface area contributed by atoms with Crippen LogP contribution in [0.4, 0.5) is 0 Å². The number of nitrogens with two attached hydrogens (primary N) is 1. The summed E-state index contributed by atoms with van der Waals surface area (Å²) in [5.41, 5.74) is 8.38. The smallest absolute Gasteiger partial charge is 0.250 e. The summed E-state index contributed by atoms with van der Waals surface area (Å²) in [5, 5.41) is 0. The van der Waals surface area contributed by atoms with Gasteiger partial charge in [0.05, 0.1) is 25.0 Å². The molecule has 0 radical (unpaired) electrons. The number of morpholine rings is 1. The number of hydrogen-bond donors (Lipinski definition) is 1. The minimum Gasteiger partial charge on any atom is -0.456 e. The molecule has 1 aromatic carbocycles. The monoisotopic (exact) mass is 410 g/mol. The van der Waals surface area contributed by atoms with Crippen LogP contribution in [0.5, 0.6) is 11.5 Å². The molecule has 1 saturated heterocycles. The fraction of sp³-hybridized carbons (Fsp3) is 0.478. The quantitative estimate of drug-likeness (QED) is 0.755. The third-order valence-electron chi connectivity index (χ3n) is 5.78. The standard InChI is InChI=1S/C23H30N4O3/c24-23(28)20-14-22(16-25-15-20)30-21-5-4-19-17-27(6-1-3-18(19)13-21)8-2-7-26-9-11-29-12-10-26/h4-5,13-16H,1-3,6-12,17H2,(H2,24,28). The maximum Gasteiger partial charge on any atom is 0.250 e. The highest BCUT2D eigenvalue weighted by molar-refractivity contribution is 5.92.